The molecule has 0 spiro atoms. The number of H-pyrrole nitrogens is 1. The molecular formula is C22H24N2O. The zero-order chi connectivity index (χ0) is 17.6. The Morgan fingerprint density at radius 2 is 2.00 bits per heavy atom. The number of pyridine rings is 1. The summed E-state index contributed by atoms with van der Waals surface area (Å²) in [5.74, 6) is 0.334. The predicted molar refractivity (Wildman–Crippen MR) is 103 cm³/mol. The van der Waals surface area contributed by atoms with Gasteiger partial charge in [0.25, 0.3) is 0 Å². The van der Waals surface area contributed by atoms with Gasteiger partial charge in [0.15, 0.2) is 0 Å². The maximum atomic E-state index is 11.9. The lowest BCUT2D eigenvalue weighted by molar-refractivity contribution is 0.440. The largest absolute Gasteiger partial charge is 0.371 e. The van der Waals surface area contributed by atoms with Crippen LogP contribution in [0.15, 0.2) is 64.5 Å². The van der Waals surface area contributed by atoms with Gasteiger partial charge in [-0.25, -0.2) is 0 Å². The van der Waals surface area contributed by atoms with E-state index in [1.54, 1.807) is 6.07 Å². The molecule has 0 aliphatic heterocycles. The number of hydrogen-bond donors (Lipinski definition) is 2. The van der Waals surface area contributed by atoms with Crippen LogP contribution in [0.1, 0.15) is 37.1 Å². The lowest BCUT2D eigenvalue weighted by Gasteiger charge is -2.48. The number of aryl methyl sites for hydroxylation is 1. The monoisotopic (exact) mass is 332 g/mol. The number of aromatic nitrogens is 1. The van der Waals surface area contributed by atoms with E-state index in [4.69, 9.17) is 0 Å². The Bertz CT molecular complexity index is 950. The van der Waals surface area contributed by atoms with Crippen molar-refractivity contribution in [3.05, 3.63) is 86.9 Å². The molecule has 2 atom stereocenters. The molecule has 128 valence electrons. The highest BCUT2D eigenvalue weighted by atomic mass is 16.1. The van der Waals surface area contributed by atoms with Gasteiger partial charge in [0.2, 0.25) is 5.56 Å². The zero-order valence-corrected chi connectivity index (χ0v) is 15.0. The van der Waals surface area contributed by atoms with E-state index in [9.17, 15) is 4.79 Å². The van der Waals surface area contributed by atoms with Crippen LogP contribution in [0, 0.1) is 12.8 Å². The van der Waals surface area contributed by atoms with E-state index in [-0.39, 0.29) is 11.1 Å². The van der Waals surface area contributed by atoms with Gasteiger partial charge in [0, 0.05) is 28.9 Å². The maximum Gasteiger partial charge on any atom is 0.248 e. The van der Waals surface area contributed by atoms with E-state index in [2.05, 4.69) is 67.5 Å². The molecule has 1 aromatic heterocycles. The van der Waals surface area contributed by atoms with Crippen LogP contribution in [0.3, 0.4) is 0 Å². The molecule has 2 N–H and O–H groups in total. The van der Waals surface area contributed by atoms with Crippen LogP contribution >= 0.6 is 0 Å². The van der Waals surface area contributed by atoms with Gasteiger partial charge in [0.1, 0.15) is 0 Å². The molecule has 2 aromatic rings. The van der Waals surface area contributed by atoms with E-state index in [0.717, 1.165) is 24.2 Å². The number of anilines is 1. The highest BCUT2D eigenvalue weighted by Gasteiger charge is 2.46. The number of benzene rings is 1. The SMILES string of the molecule is C/C=C1\[C@H]2C=C(C)C[C@]1(Nc1ccccc1C)c1ccc(=O)[nH]c1C2. The van der Waals surface area contributed by atoms with Crippen LogP contribution < -0.4 is 10.9 Å². The summed E-state index contributed by atoms with van der Waals surface area (Å²) in [5, 5.41) is 3.87. The van der Waals surface area contributed by atoms with Crippen molar-refractivity contribution in [2.45, 2.75) is 39.2 Å². The third-order valence-electron chi connectivity index (χ3n) is 5.61. The highest BCUT2D eigenvalue weighted by molar-refractivity contribution is 5.61. The van der Waals surface area contributed by atoms with Crippen LogP contribution in [-0.2, 0) is 12.0 Å². The van der Waals surface area contributed by atoms with Gasteiger partial charge in [-0.15, -0.1) is 0 Å². The summed E-state index contributed by atoms with van der Waals surface area (Å²) in [7, 11) is 0. The Morgan fingerprint density at radius 3 is 2.76 bits per heavy atom. The first-order valence-corrected chi connectivity index (χ1v) is 8.94. The fourth-order valence-corrected chi connectivity index (χ4v) is 4.63. The summed E-state index contributed by atoms with van der Waals surface area (Å²) in [6, 6.07) is 12.1. The number of para-hydroxylation sites is 1. The van der Waals surface area contributed by atoms with Crippen molar-refractivity contribution < 1.29 is 0 Å². The number of aromatic amines is 1. The molecule has 0 radical (unpaired) electrons. The molecule has 25 heavy (non-hydrogen) atoms. The van der Waals surface area contributed by atoms with Gasteiger partial charge in [-0.1, -0.05) is 35.9 Å². The fraction of sp³-hybridized carbons (Fsp3) is 0.318. The minimum absolute atomic E-state index is 0.0208. The first kappa shape index (κ1) is 15.9. The molecule has 1 aromatic carbocycles. The van der Waals surface area contributed by atoms with Gasteiger partial charge in [0.05, 0.1) is 5.54 Å². The Kier molecular flexibility index (Phi) is 3.68. The molecule has 2 aliphatic carbocycles. The van der Waals surface area contributed by atoms with Gasteiger partial charge >= 0.3 is 0 Å². The normalized spacial score (nSPS) is 26.1. The fourth-order valence-electron chi connectivity index (χ4n) is 4.63. The number of fused-ring (bicyclic) bond motifs is 4. The third-order valence-corrected chi connectivity index (χ3v) is 5.61. The molecule has 0 fully saturated rings. The Morgan fingerprint density at radius 1 is 1.20 bits per heavy atom. The summed E-state index contributed by atoms with van der Waals surface area (Å²) in [4.78, 5) is 15.0. The van der Waals surface area contributed by atoms with Crippen molar-refractivity contribution in [3.8, 4) is 0 Å². The van der Waals surface area contributed by atoms with Crippen molar-refractivity contribution in [1.29, 1.82) is 0 Å². The van der Waals surface area contributed by atoms with E-state index in [1.807, 2.05) is 6.07 Å². The average Bonchev–Trinajstić information content (AvgIpc) is 2.56. The van der Waals surface area contributed by atoms with E-state index in [0.29, 0.717) is 5.92 Å². The van der Waals surface area contributed by atoms with Crippen LogP contribution in [0.4, 0.5) is 5.69 Å². The first-order valence-electron chi connectivity index (χ1n) is 8.94. The van der Waals surface area contributed by atoms with Gasteiger partial charge in [-0.05, 0) is 56.9 Å². The van der Waals surface area contributed by atoms with Crippen molar-refractivity contribution >= 4 is 5.69 Å². The molecule has 2 bridgehead atoms. The quantitative estimate of drug-likeness (QED) is 0.798. The second kappa shape index (κ2) is 5.76. The molecular weight excluding hydrogens is 308 g/mol. The van der Waals surface area contributed by atoms with Crippen molar-refractivity contribution in [1.82, 2.24) is 4.98 Å². The zero-order valence-electron chi connectivity index (χ0n) is 15.0. The van der Waals surface area contributed by atoms with Crippen molar-refractivity contribution in [2.24, 2.45) is 5.92 Å². The minimum atomic E-state index is -0.290. The summed E-state index contributed by atoms with van der Waals surface area (Å²) in [5.41, 5.74) is 7.13. The lowest BCUT2D eigenvalue weighted by atomic mass is 9.63. The topological polar surface area (TPSA) is 44.9 Å². The number of allylic oxidation sites excluding steroid dienone is 2. The predicted octanol–water partition coefficient (Wildman–Crippen LogP) is 4.46. The minimum Gasteiger partial charge on any atom is -0.371 e. The Balaban J connectivity index is 1.96. The second-order valence-corrected chi connectivity index (χ2v) is 7.30. The highest BCUT2D eigenvalue weighted by Crippen LogP contribution is 2.51. The summed E-state index contributed by atoms with van der Waals surface area (Å²) in [6.45, 7) is 6.47. The summed E-state index contributed by atoms with van der Waals surface area (Å²) >= 11 is 0. The molecule has 3 nitrogen and oxygen atoms in total. The second-order valence-electron chi connectivity index (χ2n) is 7.30. The molecule has 1 heterocycles. The molecule has 0 saturated carbocycles. The molecule has 3 heteroatoms. The van der Waals surface area contributed by atoms with Crippen molar-refractivity contribution in [3.63, 3.8) is 0 Å². The van der Waals surface area contributed by atoms with E-state index >= 15 is 0 Å². The third kappa shape index (κ3) is 2.46. The molecule has 4 rings (SSSR count). The van der Waals surface area contributed by atoms with Crippen LogP contribution in [0.2, 0.25) is 0 Å². The summed E-state index contributed by atoms with van der Waals surface area (Å²) < 4.78 is 0. The van der Waals surface area contributed by atoms with Gasteiger partial charge in [-0.2, -0.15) is 0 Å². The lowest BCUT2D eigenvalue weighted by Crippen LogP contribution is -2.47. The standard InChI is InChI=1S/C22H24N2O/c1-4-17-16-11-14(2)13-22(17,24-19-8-6-5-7-15(19)3)18-9-10-21(25)23-20(18)12-16/h4-11,16,24H,12-13H2,1-3H3,(H,23,25)/b17-4+/t16-,22+/m0/s1. The molecule has 0 unspecified atom stereocenters. The van der Waals surface area contributed by atoms with Crippen LogP contribution in [-0.4, -0.2) is 4.98 Å². The first-order chi connectivity index (χ1) is 12.0. The number of hydrogen-bond acceptors (Lipinski definition) is 2. The molecule has 0 amide bonds. The smallest absolute Gasteiger partial charge is 0.248 e. The van der Waals surface area contributed by atoms with Gasteiger partial charge in [-0.3, -0.25) is 4.79 Å². The van der Waals surface area contributed by atoms with Gasteiger partial charge < -0.3 is 10.3 Å². The average molecular weight is 332 g/mol. The summed E-state index contributed by atoms with van der Waals surface area (Å²) in [6.07, 6.45) is 6.39. The molecule has 0 saturated heterocycles. The number of rotatable bonds is 2. The Hall–Kier alpha value is -2.55. The van der Waals surface area contributed by atoms with E-state index < -0.39 is 0 Å². The maximum absolute atomic E-state index is 11.9. The van der Waals surface area contributed by atoms with Crippen LogP contribution in [0.25, 0.3) is 0 Å². The van der Waals surface area contributed by atoms with Crippen LogP contribution in [0.5, 0.6) is 0 Å². The molecule has 2 aliphatic rings. The Labute approximate surface area is 148 Å². The van der Waals surface area contributed by atoms with E-state index in [1.165, 1.54) is 22.3 Å². The van der Waals surface area contributed by atoms with Crippen molar-refractivity contribution in [2.75, 3.05) is 5.32 Å². The number of nitrogens with one attached hydrogen (secondary N) is 2.